The molecule has 1 unspecified atom stereocenters. The Morgan fingerprint density at radius 2 is 2.00 bits per heavy atom. The Bertz CT molecular complexity index is 525. The Labute approximate surface area is 122 Å². The van der Waals surface area contributed by atoms with Gasteiger partial charge in [0.25, 0.3) is 0 Å². The standard InChI is InChI=1S/C15H24N2O2S/c1-3-16-11-14-6-8-15(9-7-14)20(18,19)17-10-4-5-13(2)12-17/h6-9,13,16H,3-5,10-12H2,1-2H3. The van der Waals surface area contributed by atoms with E-state index in [2.05, 4.69) is 19.2 Å². The maximum absolute atomic E-state index is 12.6. The molecule has 1 aliphatic heterocycles. The predicted octanol–water partition coefficient (Wildman–Crippen LogP) is 2.22. The van der Waals surface area contributed by atoms with Gasteiger partial charge in [-0.15, -0.1) is 0 Å². The maximum Gasteiger partial charge on any atom is 0.243 e. The van der Waals surface area contributed by atoms with E-state index in [1.54, 1.807) is 16.4 Å². The van der Waals surface area contributed by atoms with Crippen molar-refractivity contribution >= 4 is 10.0 Å². The fraction of sp³-hybridized carbons (Fsp3) is 0.600. The molecule has 0 radical (unpaired) electrons. The molecule has 1 heterocycles. The third-order valence-corrected chi connectivity index (χ3v) is 5.64. The summed E-state index contributed by atoms with van der Waals surface area (Å²) in [6.07, 6.45) is 2.08. The van der Waals surface area contributed by atoms with Crippen LogP contribution in [0, 0.1) is 5.92 Å². The summed E-state index contributed by atoms with van der Waals surface area (Å²) >= 11 is 0. The van der Waals surface area contributed by atoms with Gasteiger partial charge in [-0.05, 0) is 43.0 Å². The van der Waals surface area contributed by atoms with Gasteiger partial charge < -0.3 is 5.32 Å². The van der Waals surface area contributed by atoms with Crippen LogP contribution < -0.4 is 5.32 Å². The van der Waals surface area contributed by atoms with Crippen LogP contribution in [0.3, 0.4) is 0 Å². The molecule has 112 valence electrons. The highest BCUT2D eigenvalue weighted by Gasteiger charge is 2.28. The lowest BCUT2D eigenvalue weighted by Gasteiger charge is -2.30. The molecule has 1 fully saturated rings. The Kier molecular flexibility index (Phi) is 5.18. The normalized spacial score (nSPS) is 21.0. The summed E-state index contributed by atoms with van der Waals surface area (Å²) in [5.41, 5.74) is 1.11. The first-order valence-corrected chi connectivity index (χ1v) is 8.78. The van der Waals surface area contributed by atoms with Crippen molar-refractivity contribution in [3.8, 4) is 0 Å². The van der Waals surface area contributed by atoms with Crippen molar-refractivity contribution in [1.29, 1.82) is 0 Å². The molecule has 1 atom stereocenters. The molecular formula is C15H24N2O2S. The number of nitrogens with one attached hydrogen (secondary N) is 1. The van der Waals surface area contributed by atoms with Gasteiger partial charge >= 0.3 is 0 Å². The van der Waals surface area contributed by atoms with Crippen LogP contribution in [0.15, 0.2) is 29.2 Å². The quantitative estimate of drug-likeness (QED) is 0.906. The zero-order valence-corrected chi connectivity index (χ0v) is 13.1. The van der Waals surface area contributed by atoms with E-state index < -0.39 is 10.0 Å². The van der Waals surface area contributed by atoms with Gasteiger partial charge in [0.2, 0.25) is 10.0 Å². The van der Waals surface area contributed by atoms with E-state index in [4.69, 9.17) is 0 Å². The van der Waals surface area contributed by atoms with Gasteiger partial charge in [0.15, 0.2) is 0 Å². The summed E-state index contributed by atoms with van der Waals surface area (Å²) in [5, 5.41) is 3.23. The fourth-order valence-electron chi connectivity index (χ4n) is 2.56. The molecule has 0 bridgehead atoms. The lowest BCUT2D eigenvalue weighted by molar-refractivity contribution is 0.281. The highest BCUT2D eigenvalue weighted by molar-refractivity contribution is 7.89. The lowest BCUT2D eigenvalue weighted by atomic mass is 10.0. The number of benzene rings is 1. The number of sulfonamides is 1. The fourth-order valence-corrected chi connectivity index (χ4v) is 4.16. The molecular weight excluding hydrogens is 272 g/mol. The van der Waals surface area contributed by atoms with E-state index in [-0.39, 0.29) is 0 Å². The largest absolute Gasteiger partial charge is 0.313 e. The molecule has 2 rings (SSSR count). The first kappa shape index (κ1) is 15.5. The average molecular weight is 296 g/mol. The van der Waals surface area contributed by atoms with Gasteiger partial charge in [-0.25, -0.2) is 8.42 Å². The van der Waals surface area contributed by atoms with Gasteiger partial charge in [0.05, 0.1) is 4.90 Å². The molecule has 4 nitrogen and oxygen atoms in total. The van der Waals surface area contributed by atoms with Gasteiger partial charge in [0, 0.05) is 19.6 Å². The lowest BCUT2D eigenvalue weighted by Crippen LogP contribution is -2.39. The van der Waals surface area contributed by atoms with Crippen LogP contribution >= 0.6 is 0 Å². The van der Waals surface area contributed by atoms with Crippen LogP contribution in [0.4, 0.5) is 0 Å². The summed E-state index contributed by atoms with van der Waals surface area (Å²) in [5.74, 6) is 0.451. The van der Waals surface area contributed by atoms with E-state index in [0.29, 0.717) is 23.9 Å². The zero-order valence-electron chi connectivity index (χ0n) is 12.3. The third-order valence-electron chi connectivity index (χ3n) is 3.76. The van der Waals surface area contributed by atoms with Crippen molar-refractivity contribution in [2.45, 2.75) is 38.1 Å². The average Bonchev–Trinajstić information content (AvgIpc) is 2.45. The number of piperidine rings is 1. The van der Waals surface area contributed by atoms with E-state index >= 15 is 0 Å². The minimum atomic E-state index is -3.32. The van der Waals surface area contributed by atoms with E-state index in [1.165, 1.54) is 0 Å². The van der Waals surface area contributed by atoms with E-state index in [1.807, 2.05) is 12.1 Å². The summed E-state index contributed by atoms with van der Waals surface area (Å²) in [6, 6.07) is 7.23. The van der Waals surface area contributed by atoms with Crippen molar-refractivity contribution < 1.29 is 8.42 Å². The molecule has 20 heavy (non-hydrogen) atoms. The van der Waals surface area contributed by atoms with Crippen LogP contribution in [-0.4, -0.2) is 32.4 Å². The smallest absolute Gasteiger partial charge is 0.243 e. The molecule has 0 spiro atoms. The molecule has 5 heteroatoms. The van der Waals surface area contributed by atoms with Crippen LogP contribution in [0.25, 0.3) is 0 Å². The molecule has 1 aromatic carbocycles. The Morgan fingerprint density at radius 1 is 1.30 bits per heavy atom. The first-order chi connectivity index (χ1) is 9.54. The molecule has 1 N–H and O–H groups in total. The van der Waals surface area contributed by atoms with Crippen molar-refractivity contribution in [3.05, 3.63) is 29.8 Å². The second kappa shape index (κ2) is 6.70. The van der Waals surface area contributed by atoms with Crippen LogP contribution in [0.1, 0.15) is 32.3 Å². The molecule has 1 aromatic rings. The Balaban J connectivity index is 2.12. The Hall–Kier alpha value is -0.910. The number of nitrogens with zero attached hydrogens (tertiary/aromatic N) is 1. The molecule has 0 aliphatic carbocycles. The van der Waals surface area contributed by atoms with E-state index in [9.17, 15) is 8.42 Å². The number of hydrogen-bond acceptors (Lipinski definition) is 3. The molecule has 0 aromatic heterocycles. The number of hydrogen-bond donors (Lipinski definition) is 1. The zero-order chi connectivity index (χ0) is 14.6. The van der Waals surface area contributed by atoms with Crippen molar-refractivity contribution in [2.24, 2.45) is 5.92 Å². The minimum Gasteiger partial charge on any atom is -0.313 e. The highest BCUT2D eigenvalue weighted by Crippen LogP contribution is 2.23. The van der Waals surface area contributed by atoms with Gasteiger partial charge in [-0.2, -0.15) is 4.31 Å². The van der Waals surface area contributed by atoms with Crippen molar-refractivity contribution in [2.75, 3.05) is 19.6 Å². The predicted molar refractivity (Wildman–Crippen MR) is 81.0 cm³/mol. The van der Waals surface area contributed by atoms with Gasteiger partial charge in [0.1, 0.15) is 0 Å². The van der Waals surface area contributed by atoms with Crippen molar-refractivity contribution in [3.63, 3.8) is 0 Å². The monoisotopic (exact) mass is 296 g/mol. The van der Waals surface area contributed by atoms with Crippen LogP contribution in [-0.2, 0) is 16.6 Å². The number of rotatable bonds is 5. The van der Waals surface area contributed by atoms with E-state index in [0.717, 1.165) is 31.5 Å². The summed E-state index contributed by atoms with van der Waals surface area (Å²) < 4.78 is 26.8. The summed E-state index contributed by atoms with van der Waals surface area (Å²) in [6.45, 7) is 7.13. The van der Waals surface area contributed by atoms with Gasteiger partial charge in [-0.1, -0.05) is 26.0 Å². The topological polar surface area (TPSA) is 49.4 Å². The second-order valence-electron chi connectivity index (χ2n) is 5.53. The van der Waals surface area contributed by atoms with Crippen LogP contribution in [0.2, 0.25) is 0 Å². The third kappa shape index (κ3) is 3.59. The van der Waals surface area contributed by atoms with Gasteiger partial charge in [-0.3, -0.25) is 0 Å². The van der Waals surface area contributed by atoms with Crippen molar-refractivity contribution in [1.82, 2.24) is 9.62 Å². The van der Waals surface area contributed by atoms with Crippen LogP contribution in [0.5, 0.6) is 0 Å². The summed E-state index contributed by atoms with van der Waals surface area (Å²) in [4.78, 5) is 0.409. The molecule has 0 amide bonds. The SMILES string of the molecule is CCNCc1ccc(S(=O)(=O)N2CCCC(C)C2)cc1. The molecule has 1 saturated heterocycles. The molecule has 1 aliphatic rings. The minimum absolute atomic E-state index is 0.409. The summed E-state index contributed by atoms with van der Waals surface area (Å²) in [7, 11) is -3.32. The highest BCUT2D eigenvalue weighted by atomic mass is 32.2. The first-order valence-electron chi connectivity index (χ1n) is 7.34. The second-order valence-corrected chi connectivity index (χ2v) is 7.47. The Morgan fingerprint density at radius 3 is 2.60 bits per heavy atom. The molecule has 0 saturated carbocycles. The maximum atomic E-state index is 12.6.